The first-order valence-corrected chi connectivity index (χ1v) is 6.74. The molecule has 2 N–H and O–H groups in total. The maximum absolute atomic E-state index is 6.33. The summed E-state index contributed by atoms with van der Waals surface area (Å²) < 4.78 is 16.0. The third-order valence-corrected chi connectivity index (χ3v) is 3.18. The van der Waals surface area contributed by atoms with Crippen molar-refractivity contribution in [2.45, 2.75) is 13.0 Å². The molecule has 0 spiro atoms. The van der Waals surface area contributed by atoms with Crippen molar-refractivity contribution < 1.29 is 14.2 Å². The standard InChI is InChI=1S/C16H20N2O3/c1-4-21-13-7-11(9-18-10-13)16(17)14-6-5-12(19-2)8-15(14)20-3/h5-10,16H,4,17H2,1-3H3. The number of nitrogens with zero attached hydrogens (tertiary/aromatic N) is 1. The van der Waals surface area contributed by atoms with Crippen LogP contribution in [0.4, 0.5) is 0 Å². The fourth-order valence-electron chi connectivity index (χ4n) is 2.11. The quantitative estimate of drug-likeness (QED) is 0.884. The van der Waals surface area contributed by atoms with Crippen LogP contribution in [0.25, 0.3) is 0 Å². The number of ether oxygens (including phenoxy) is 3. The highest BCUT2D eigenvalue weighted by atomic mass is 16.5. The van der Waals surface area contributed by atoms with Gasteiger partial charge in [-0.1, -0.05) is 0 Å². The summed E-state index contributed by atoms with van der Waals surface area (Å²) in [6.07, 6.45) is 3.40. The van der Waals surface area contributed by atoms with Gasteiger partial charge in [0.1, 0.15) is 17.2 Å². The molecule has 0 saturated heterocycles. The summed E-state index contributed by atoms with van der Waals surface area (Å²) >= 11 is 0. The van der Waals surface area contributed by atoms with Crippen molar-refractivity contribution in [2.24, 2.45) is 5.73 Å². The molecule has 5 nitrogen and oxygen atoms in total. The summed E-state index contributed by atoms with van der Waals surface area (Å²) in [7, 11) is 3.23. The highest BCUT2D eigenvalue weighted by molar-refractivity contribution is 5.46. The van der Waals surface area contributed by atoms with E-state index in [1.54, 1.807) is 26.6 Å². The van der Waals surface area contributed by atoms with E-state index in [1.165, 1.54) is 0 Å². The Labute approximate surface area is 124 Å². The zero-order valence-electron chi connectivity index (χ0n) is 12.5. The van der Waals surface area contributed by atoms with Crippen LogP contribution in [0, 0.1) is 0 Å². The lowest BCUT2D eigenvalue weighted by Gasteiger charge is -2.17. The monoisotopic (exact) mass is 288 g/mol. The average molecular weight is 288 g/mol. The Hall–Kier alpha value is -2.27. The number of hydrogen-bond donors (Lipinski definition) is 1. The van der Waals surface area contributed by atoms with E-state index in [0.717, 1.165) is 16.9 Å². The molecule has 0 bridgehead atoms. The van der Waals surface area contributed by atoms with Crippen LogP contribution in [-0.4, -0.2) is 25.8 Å². The van der Waals surface area contributed by atoms with Gasteiger partial charge in [0.2, 0.25) is 0 Å². The molecule has 1 unspecified atom stereocenters. The van der Waals surface area contributed by atoms with Gasteiger partial charge in [-0.05, 0) is 30.7 Å². The smallest absolute Gasteiger partial charge is 0.137 e. The summed E-state index contributed by atoms with van der Waals surface area (Å²) in [5, 5.41) is 0. The van der Waals surface area contributed by atoms with E-state index in [0.29, 0.717) is 18.1 Å². The molecular formula is C16H20N2O3. The van der Waals surface area contributed by atoms with Crippen molar-refractivity contribution >= 4 is 0 Å². The van der Waals surface area contributed by atoms with E-state index < -0.39 is 0 Å². The van der Waals surface area contributed by atoms with Gasteiger partial charge < -0.3 is 19.9 Å². The average Bonchev–Trinajstić information content (AvgIpc) is 2.54. The van der Waals surface area contributed by atoms with E-state index in [9.17, 15) is 0 Å². The minimum absolute atomic E-state index is 0.348. The van der Waals surface area contributed by atoms with Gasteiger partial charge >= 0.3 is 0 Å². The van der Waals surface area contributed by atoms with Crippen LogP contribution in [0.5, 0.6) is 17.2 Å². The van der Waals surface area contributed by atoms with Gasteiger partial charge in [0.05, 0.1) is 33.1 Å². The second kappa shape index (κ2) is 6.95. The Bertz CT molecular complexity index is 602. The molecule has 0 aliphatic rings. The molecule has 2 rings (SSSR count). The predicted octanol–water partition coefficient (Wildman–Crippen LogP) is 2.55. The predicted molar refractivity (Wildman–Crippen MR) is 81.0 cm³/mol. The van der Waals surface area contributed by atoms with Crippen molar-refractivity contribution in [1.82, 2.24) is 4.98 Å². The van der Waals surface area contributed by atoms with E-state index in [4.69, 9.17) is 19.9 Å². The second-order valence-electron chi connectivity index (χ2n) is 4.47. The van der Waals surface area contributed by atoms with Crippen molar-refractivity contribution in [3.63, 3.8) is 0 Å². The molecule has 0 fully saturated rings. The fourth-order valence-corrected chi connectivity index (χ4v) is 2.11. The first kappa shape index (κ1) is 15.1. The maximum Gasteiger partial charge on any atom is 0.137 e. The lowest BCUT2D eigenvalue weighted by molar-refractivity contribution is 0.338. The van der Waals surface area contributed by atoms with Crippen molar-refractivity contribution in [3.8, 4) is 17.2 Å². The largest absolute Gasteiger partial charge is 0.497 e. The maximum atomic E-state index is 6.33. The van der Waals surface area contributed by atoms with Gasteiger partial charge in [-0.2, -0.15) is 0 Å². The van der Waals surface area contributed by atoms with Crippen LogP contribution < -0.4 is 19.9 Å². The zero-order valence-corrected chi connectivity index (χ0v) is 12.5. The van der Waals surface area contributed by atoms with Crippen LogP contribution in [0.15, 0.2) is 36.7 Å². The van der Waals surface area contributed by atoms with E-state index >= 15 is 0 Å². The number of aromatic nitrogens is 1. The van der Waals surface area contributed by atoms with Crippen LogP contribution in [0.2, 0.25) is 0 Å². The molecule has 5 heteroatoms. The number of pyridine rings is 1. The van der Waals surface area contributed by atoms with Gasteiger partial charge in [-0.15, -0.1) is 0 Å². The fraction of sp³-hybridized carbons (Fsp3) is 0.312. The molecule has 112 valence electrons. The number of hydrogen-bond acceptors (Lipinski definition) is 5. The van der Waals surface area contributed by atoms with E-state index in [-0.39, 0.29) is 6.04 Å². The first-order chi connectivity index (χ1) is 10.2. The molecule has 1 heterocycles. The van der Waals surface area contributed by atoms with Crippen molar-refractivity contribution in [3.05, 3.63) is 47.8 Å². The Morgan fingerprint density at radius 2 is 1.90 bits per heavy atom. The lowest BCUT2D eigenvalue weighted by Crippen LogP contribution is -2.13. The molecule has 0 aliphatic carbocycles. The molecule has 1 atom stereocenters. The number of rotatable bonds is 6. The van der Waals surface area contributed by atoms with Gasteiger partial charge in [0.15, 0.2) is 0 Å². The Morgan fingerprint density at radius 3 is 2.57 bits per heavy atom. The van der Waals surface area contributed by atoms with Gasteiger partial charge in [-0.25, -0.2) is 0 Å². The molecule has 0 aliphatic heterocycles. The molecule has 0 radical (unpaired) electrons. The number of nitrogens with two attached hydrogens (primary N) is 1. The van der Waals surface area contributed by atoms with Gasteiger partial charge in [0.25, 0.3) is 0 Å². The molecule has 1 aromatic heterocycles. The Balaban J connectivity index is 2.34. The van der Waals surface area contributed by atoms with Gasteiger partial charge in [0, 0.05) is 17.8 Å². The van der Waals surface area contributed by atoms with Gasteiger partial charge in [-0.3, -0.25) is 4.98 Å². The van der Waals surface area contributed by atoms with Crippen LogP contribution in [0.3, 0.4) is 0 Å². The molecule has 0 saturated carbocycles. The summed E-state index contributed by atoms with van der Waals surface area (Å²) in [4.78, 5) is 4.17. The van der Waals surface area contributed by atoms with Crippen molar-refractivity contribution in [2.75, 3.05) is 20.8 Å². The minimum atomic E-state index is -0.348. The van der Waals surface area contributed by atoms with Crippen LogP contribution in [0.1, 0.15) is 24.1 Å². The van der Waals surface area contributed by atoms with Crippen LogP contribution >= 0.6 is 0 Å². The van der Waals surface area contributed by atoms with E-state index in [2.05, 4.69) is 4.98 Å². The summed E-state index contributed by atoms with van der Waals surface area (Å²) in [5.41, 5.74) is 8.07. The molecule has 0 amide bonds. The molecular weight excluding hydrogens is 268 g/mol. The first-order valence-electron chi connectivity index (χ1n) is 6.74. The summed E-state index contributed by atoms with van der Waals surface area (Å²) in [6.45, 7) is 2.52. The highest BCUT2D eigenvalue weighted by Crippen LogP contribution is 2.32. The third kappa shape index (κ3) is 3.44. The van der Waals surface area contributed by atoms with Crippen molar-refractivity contribution in [1.29, 1.82) is 0 Å². The Morgan fingerprint density at radius 1 is 1.10 bits per heavy atom. The molecule has 21 heavy (non-hydrogen) atoms. The van der Waals surface area contributed by atoms with Crippen LogP contribution in [-0.2, 0) is 0 Å². The third-order valence-electron chi connectivity index (χ3n) is 3.18. The summed E-state index contributed by atoms with van der Waals surface area (Å²) in [5.74, 6) is 2.12. The van der Waals surface area contributed by atoms with E-state index in [1.807, 2.05) is 31.2 Å². The summed E-state index contributed by atoms with van der Waals surface area (Å²) in [6, 6.07) is 7.12. The highest BCUT2D eigenvalue weighted by Gasteiger charge is 2.16. The second-order valence-corrected chi connectivity index (χ2v) is 4.47. The molecule has 2 aromatic rings. The Kier molecular flexibility index (Phi) is 5.00. The number of benzene rings is 1. The minimum Gasteiger partial charge on any atom is -0.497 e. The lowest BCUT2D eigenvalue weighted by atomic mass is 10.00. The topological polar surface area (TPSA) is 66.6 Å². The number of methoxy groups -OCH3 is 2. The normalized spacial score (nSPS) is 11.8. The SMILES string of the molecule is CCOc1cncc(C(N)c2ccc(OC)cc2OC)c1. The molecule has 1 aromatic carbocycles. The zero-order chi connectivity index (χ0) is 15.2.